The summed E-state index contributed by atoms with van der Waals surface area (Å²) in [5.41, 5.74) is 0.771. The molecule has 0 aromatic heterocycles. The molecule has 0 saturated carbocycles. The fraction of sp³-hybridized carbons (Fsp3) is 0.500. The number of nitrogens with one attached hydrogen (secondary N) is 2. The Morgan fingerprint density at radius 3 is 3.08 bits per heavy atom. The Morgan fingerprint density at radius 2 is 2.50 bits per heavy atom. The summed E-state index contributed by atoms with van der Waals surface area (Å²) in [5.74, 6) is 0.726. The van der Waals surface area contributed by atoms with Crippen LogP contribution in [0.4, 0.5) is 0 Å². The second-order valence-corrected chi connectivity index (χ2v) is 2.45. The molecule has 0 saturated heterocycles. The molecule has 66 valence electrons. The molecule has 1 aliphatic rings. The lowest BCUT2D eigenvalue weighted by atomic mass is 10.3. The number of amidine groups is 1. The van der Waals surface area contributed by atoms with E-state index in [0.717, 1.165) is 18.1 Å². The Kier molecular flexibility index (Phi) is 2.85. The quantitative estimate of drug-likeness (QED) is 0.579. The number of carbonyl (C=O) groups is 1. The number of aliphatic imine (C=N–C) groups is 1. The molecule has 1 aliphatic heterocycles. The first-order chi connectivity index (χ1) is 5.77. The molecule has 4 nitrogen and oxygen atoms in total. The van der Waals surface area contributed by atoms with E-state index in [1.165, 1.54) is 0 Å². The van der Waals surface area contributed by atoms with E-state index >= 15 is 0 Å². The number of hydrogen-bond donors (Lipinski definition) is 2. The summed E-state index contributed by atoms with van der Waals surface area (Å²) in [4.78, 5) is 15.0. The van der Waals surface area contributed by atoms with Crippen LogP contribution in [0.1, 0.15) is 13.8 Å². The highest BCUT2D eigenvalue weighted by atomic mass is 16.2. The lowest BCUT2D eigenvalue weighted by Crippen LogP contribution is -2.40. The number of amides is 1. The first kappa shape index (κ1) is 8.77. The maximum absolute atomic E-state index is 10.9. The zero-order valence-corrected chi connectivity index (χ0v) is 7.35. The van der Waals surface area contributed by atoms with E-state index < -0.39 is 0 Å². The van der Waals surface area contributed by atoms with Gasteiger partial charge in [0.1, 0.15) is 12.4 Å². The smallest absolute Gasteiger partial charge is 0.246 e. The minimum absolute atomic E-state index is 0.0512. The molecule has 1 rings (SSSR count). The molecule has 0 bridgehead atoms. The number of carbonyl (C=O) groups excluding carboxylic acids is 1. The molecule has 0 aromatic rings. The Labute approximate surface area is 71.8 Å². The summed E-state index contributed by atoms with van der Waals surface area (Å²) in [7, 11) is 0. The van der Waals surface area contributed by atoms with Crippen LogP contribution in [0.15, 0.2) is 16.8 Å². The van der Waals surface area contributed by atoms with Crippen molar-refractivity contribution >= 4 is 11.7 Å². The number of rotatable bonds is 1. The molecule has 1 amide bonds. The number of hydrogen-bond acceptors (Lipinski definition) is 3. The zero-order chi connectivity index (χ0) is 8.97. The van der Waals surface area contributed by atoms with Crippen LogP contribution < -0.4 is 10.6 Å². The topological polar surface area (TPSA) is 53.5 Å². The highest BCUT2D eigenvalue weighted by molar-refractivity contribution is 6.04. The van der Waals surface area contributed by atoms with Crippen LogP contribution in [-0.2, 0) is 4.79 Å². The van der Waals surface area contributed by atoms with Crippen molar-refractivity contribution in [3.8, 4) is 0 Å². The maximum atomic E-state index is 10.9. The van der Waals surface area contributed by atoms with Crippen LogP contribution in [0.25, 0.3) is 0 Å². The van der Waals surface area contributed by atoms with E-state index in [9.17, 15) is 4.79 Å². The number of nitrogens with zero attached hydrogens (tertiary/aromatic N) is 1. The SMILES string of the molecule is C/C=C1/NC(=O)CN=C1NCC. The van der Waals surface area contributed by atoms with Crippen LogP contribution in [0.5, 0.6) is 0 Å². The van der Waals surface area contributed by atoms with Crippen molar-refractivity contribution in [2.24, 2.45) is 4.99 Å². The van der Waals surface area contributed by atoms with E-state index in [-0.39, 0.29) is 12.5 Å². The standard InChI is InChI=1S/C8H13N3O/c1-3-6-8(9-4-2)10-5-7(12)11-6/h3H,4-5H2,1-2H3,(H,9,10)(H,11,12)/b6-3+. The van der Waals surface area contributed by atoms with Crippen molar-refractivity contribution in [1.82, 2.24) is 10.6 Å². The zero-order valence-electron chi connectivity index (χ0n) is 7.35. The van der Waals surface area contributed by atoms with E-state index in [2.05, 4.69) is 15.6 Å². The summed E-state index contributed by atoms with van der Waals surface area (Å²) in [6.45, 7) is 4.89. The predicted molar refractivity (Wildman–Crippen MR) is 47.9 cm³/mol. The van der Waals surface area contributed by atoms with Gasteiger partial charge in [-0.2, -0.15) is 0 Å². The fourth-order valence-corrected chi connectivity index (χ4v) is 1.01. The third-order valence-electron chi connectivity index (χ3n) is 1.54. The van der Waals surface area contributed by atoms with Gasteiger partial charge in [-0.05, 0) is 13.8 Å². The average molecular weight is 167 g/mol. The summed E-state index contributed by atoms with van der Waals surface area (Å²) >= 11 is 0. The molecule has 0 fully saturated rings. The molecule has 0 spiro atoms. The van der Waals surface area contributed by atoms with Gasteiger partial charge in [0, 0.05) is 6.54 Å². The van der Waals surface area contributed by atoms with Crippen molar-refractivity contribution in [1.29, 1.82) is 0 Å². The molecule has 0 radical (unpaired) electrons. The summed E-state index contributed by atoms with van der Waals surface area (Å²) in [6, 6.07) is 0. The van der Waals surface area contributed by atoms with E-state index in [4.69, 9.17) is 0 Å². The summed E-state index contributed by atoms with van der Waals surface area (Å²) in [6.07, 6.45) is 1.83. The summed E-state index contributed by atoms with van der Waals surface area (Å²) < 4.78 is 0. The van der Waals surface area contributed by atoms with Gasteiger partial charge in [-0.3, -0.25) is 9.79 Å². The molecule has 0 aliphatic carbocycles. The minimum Gasteiger partial charge on any atom is -0.369 e. The second-order valence-electron chi connectivity index (χ2n) is 2.45. The Bertz CT molecular complexity index is 243. The third kappa shape index (κ3) is 1.84. The van der Waals surface area contributed by atoms with Gasteiger partial charge in [-0.1, -0.05) is 6.08 Å². The molecule has 0 aromatic carbocycles. The van der Waals surface area contributed by atoms with Crippen molar-refractivity contribution in [3.05, 3.63) is 11.8 Å². The van der Waals surface area contributed by atoms with Crippen LogP contribution in [0.3, 0.4) is 0 Å². The molecule has 4 heteroatoms. The van der Waals surface area contributed by atoms with Gasteiger partial charge in [-0.15, -0.1) is 0 Å². The molecule has 12 heavy (non-hydrogen) atoms. The van der Waals surface area contributed by atoms with E-state index in [0.29, 0.717) is 0 Å². The lowest BCUT2D eigenvalue weighted by Gasteiger charge is -2.17. The van der Waals surface area contributed by atoms with Crippen molar-refractivity contribution in [2.75, 3.05) is 13.1 Å². The molecule has 2 N–H and O–H groups in total. The van der Waals surface area contributed by atoms with Gasteiger partial charge in [0.05, 0.1) is 5.70 Å². The summed E-state index contributed by atoms with van der Waals surface area (Å²) in [5, 5.41) is 5.80. The Morgan fingerprint density at radius 1 is 1.75 bits per heavy atom. The highest BCUT2D eigenvalue weighted by Gasteiger charge is 2.14. The fourth-order valence-electron chi connectivity index (χ4n) is 1.01. The maximum Gasteiger partial charge on any atom is 0.246 e. The van der Waals surface area contributed by atoms with Gasteiger partial charge < -0.3 is 10.6 Å². The first-order valence-corrected chi connectivity index (χ1v) is 4.02. The van der Waals surface area contributed by atoms with Gasteiger partial charge >= 0.3 is 0 Å². The minimum atomic E-state index is -0.0512. The van der Waals surface area contributed by atoms with Crippen LogP contribution >= 0.6 is 0 Å². The van der Waals surface area contributed by atoms with E-state index in [1.807, 2.05) is 19.9 Å². The Hall–Kier alpha value is -1.32. The average Bonchev–Trinajstić information content (AvgIpc) is 2.08. The number of likely N-dealkylation sites (N-methyl/N-ethyl adjacent to an activating group) is 1. The molecule has 0 atom stereocenters. The molecule has 1 heterocycles. The predicted octanol–water partition coefficient (Wildman–Crippen LogP) is 0.0280. The highest BCUT2D eigenvalue weighted by Crippen LogP contribution is 1.97. The third-order valence-corrected chi connectivity index (χ3v) is 1.54. The van der Waals surface area contributed by atoms with Gasteiger partial charge in [-0.25, -0.2) is 0 Å². The first-order valence-electron chi connectivity index (χ1n) is 4.02. The Balaban J connectivity index is 2.76. The van der Waals surface area contributed by atoms with Gasteiger partial charge in [0.15, 0.2) is 0 Å². The van der Waals surface area contributed by atoms with Crippen LogP contribution in [-0.4, -0.2) is 24.8 Å². The van der Waals surface area contributed by atoms with Crippen LogP contribution in [0, 0.1) is 0 Å². The normalized spacial score (nSPS) is 20.3. The molecule has 0 unspecified atom stereocenters. The molecular formula is C8H13N3O. The van der Waals surface area contributed by atoms with Crippen molar-refractivity contribution in [2.45, 2.75) is 13.8 Å². The number of allylic oxidation sites excluding steroid dienone is 1. The monoisotopic (exact) mass is 167 g/mol. The molecular weight excluding hydrogens is 154 g/mol. The second kappa shape index (κ2) is 3.90. The lowest BCUT2D eigenvalue weighted by molar-refractivity contribution is -0.119. The van der Waals surface area contributed by atoms with E-state index in [1.54, 1.807) is 0 Å². The van der Waals surface area contributed by atoms with Gasteiger partial charge in [0.2, 0.25) is 5.91 Å². The largest absolute Gasteiger partial charge is 0.369 e. The van der Waals surface area contributed by atoms with Gasteiger partial charge in [0.25, 0.3) is 0 Å². The van der Waals surface area contributed by atoms with Crippen molar-refractivity contribution < 1.29 is 4.79 Å². The van der Waals surface area contributed by atoms with Crippen LogP contribution in [0.2, 0.25) is 0 Å². The van der Waals surface area contributed by atoms with Crippen molar-refractivity contribution in [3.63, 3.8) is 0 Å².